The zero-order chi connectivity index (χ0) is 28.7. The number of hydrogen-bond acceptors (Lipinski definition) is 6. The van der Waals surface area contributed by atoms with Gasteiger partial charge in [-0.3, -0.25) is 4.79 Å². The Kier molecular flexibility index (Phi) is 12.6. The number of nitrogens with zero attached hydrogens (tertiary/aromatic N) is 2. The van der Waals surface area contributed by atoms with Gasteiger partial charge in [0.15, 0.2) is 11.5 Å². The Labute approximate surface area is 256 Å². The Morgan fingerprint density at radius 1 is 0.732 bits per heavy atom. The number of aromatic hydroxyl groups is 2. The molecule has 2 aromatic heterocycles. The Morgan fingerprint density at radius 2 is 1.07 bits per heavy atom. The van der Waals surface area contributed by atoms with Crippen molar-refractivity contribution in [2.75, 3.05) is 0 Å². The summed E-state index contributed by atoms with van der Waals surface area (Å²) in [4.78, 5) is 30.0. The summed E-state index contributed by atoms with van der Waals surface area (Å²) in [7, 11) is 0. The number of carboxylic acid groups (broad SMARTS) is 1. The standard InChI is InChI=1S/C13H10F3NO2.C12H8F3NO3.CH3.BrH.Mg/c1-6-12(19)10(7(2)18)8-4-3-5-9(11(8)17-6)13(14,15)16;1-5-10(17)8(11(18)19)6-3-2-4-7(9(6)16-5)12(13,14)15;;;/h3-5,19H,1-2H3;2-4,17H,1H3,(H,18,19);1H3;1H;/q;;-1;;+2/p-1. The fourth-order valence-corrected chi connectivity index (χ4v) is 3.82. The molecule has 41 heavy (non-hydrogen) atoms. The molecule has 0 unspecified atom stereocenters. The predicted molar refractivity (Wildman–Crippen MR) is 135 cm³/mol. The van der Waals surface area contributed by atoms with E-state index in [2.05, 4.69) is 9.97 Å². The van der Waals surface area contributed by atoms with Crippen LogP contribution in [-0.2, 0) is 12.4 Å². The van der Waals surface area contributed by atoms with Crippen LogP contribution < -0.4 is 17.0 Å². The molecule has 2 heterocycles. The Bertz CT molecular complexity index is 1490. The summed E-state index contributed by atoms with van der Waals surface area (Å²) >= 11 is 0. The van der Waals surface area contributed by atoms with E-state index in [-0.39, 0.29) is 86.5 Å². The maximum Gasteiger partial charge on any atom is 2.00 e. The second-order valence-electron chi connectivity index (χ2n) is 8.10. The minimum Gasteiger partial charge on any atom is -1.00 e. The first-order chi connectivity index (χ1) is 17.5. The first kappa shape index (κ1) is 37.8. The third-order valence-corrected chi connectivity index (χ3v) is 5.51. The van der Waals surface area contributed by atoms with E-state index < -0.39 is 52.1 Å². The molecular weight excluding hydrogens is 638 g/mol. The monoisotopic (exact) mass is 658 g/mol. The summed E-state index contributed by atoms with van der Waals surface area (Å²) in [5.74, 6) is -3.02. The molecule has 4 rings (SSSR count). The van der Waals surface area contributed by atoms with Crippen molar-refractivity contribution >= 4 is 56.6 Å². The van der Waals surface area contributed by atoms with Crippen molar-refractivity contribution in [3.63, 3.8) is 0 Å². The predicted octanol–water partition coefficient (Wildman–Crippen LogP) is 3.51. The number of carbonyl (C=O) groups is 2. The van der Waals surface area contributed by atoms with Gasteiger partial charge in [-0.25, -0.2) is 14.8 Å². The van der Waals surface area contributed by atoms with E-state index in [9.17, 15) is 46.1 Å². The van der Waals surface area contributed by atoms with Crippen molar-refractivity contribution in [2.24, 2.45) is 0 Å². The van der Waals surface area contributed by atoms with Gasteiger partial charge in [-0.15, -0.1) is 0 Å². The second-order valence-corrected chi connectivity index (χ2v) is 8.10. The van der Waals surface area contributed by atoms with Crippen LogP contribution in [0.4, 0.5) is 26.3 Å². The number of carbonyl (C=O) groups excluding carboxylic acids is 1. The number of aromatic carboxylic acids is 1. The molecule has 3 N–H and O–H groups in total. The van der Waals surface area contributed by atoms with Crippen LogP contribution in [0.5, 0.6) is 11.5 Å². The molecule has 0 saturated heterocycles. The number of aromatic nitrogens is 2. The number of rotatable bonds is 2. The number of halogens is 7. The topological polar surface area (TPSA) is 121 Å². The van der Waals surface area contributed by atoms with Gasteiger partial charge in [0.2, 0.25) is 0 Å². The summed E-state index contributed by atoms with van der Waals surface area (Å²) < 4.78 is 77.2. The summed E-state index contributed by atoms with van der Waals surface area (Å²) in [6.45, 7) is 3.79. The number of para-hydroxylation sites is 2. The molecule has 7 nitrogen and oxygen atoms in total. The van der Waals surface area contributed by atoms with Crippen LogP contribution in [0.1, 0.15) is 50.2 Å². The number of alkyl halides is 6. The summed E-state index contributed by atoms with van der Waals surface area (Å²) in [6.07, 6.45) is -9.21. The number of aryl methyl sites for hydroxylation is 2. The molecule has 0 atom stereocenters. The zero-order valence-electron chi connectivity index (χ0n) is 21.9. The Hall–Kier alpha value is -3.17. The van der Waals surface area contributed by atoms with Crippen molar-refractivity contribution in [2.45, 2.75) is 33.1 Å². The molecule has 0 aliphatic carbocycles. The van der Waals surface area contributed by atoms with Gasteiger partial charge in [0, 0.05) is 10.8 Å². The van der Waals surface area contributed by atoms with Gasteiger partial charge in [0.05, 0.1) is 39.1 Å². The van der Waals surface area contributed by atoms with E-state index in [1.807, 2.05) is 0 Å². The minimum absolute atomic E-state index is 0. The summed E-state index contributed by atoms with van der Waals surface area (Å²) in [6, 6.07) is 6.50. The molecule has 216 valence electrons. The third-order valence-electron chi connectivity index (χ3n) is 5.51. The number of benzene rings is 2. The SMILES string of the molecule is CC(=O)c1c(O)c(C)nc2c(C(F)(F)F)cccc12.Cc1nc2c(C(F)(F)F)cccc2c(C(=O)O)c1O.[Br-].[CH3-].[Mg+2]. The van der Waals surface area contributed by atoms with E-state index in [1.165, 1.54) is 39.0 Å². The van der Waals surface area contributed by atoms with Crippen LogP contribution in [0.15, 0.2) is 36.4 Å². The number of Topliss-reactive ketones (excluding diaryl/α,β-unsaturated/α-hetero) is 1. The van der Waals surface area contributed by atoms with Crippen LogP contribution in [0.25, 0.3) is 21.8 Å². The van der Waals surface area contributed by atoms with Crippen LogP contribution in [-0.4, -0.2) is 60.1 Å². The van der Waals surface area contributed by atoms with Gasteiger partial charge in [0.25, 0.3) is 0 Å². The molecule has 0 amide bonds. The molecule has 0 bridgehead atoms. The number of fused-ring (bicyclic) bond motifs is 2. The van der Waals surface area contributed by atoms with Gasteiger partial charge in [-0.05, 0) is 32.9 Å². The van der Waals surface area contributed by atoms with E-state index in [1.54, 1.807) is 0 Å². The van der Waals surface area contributed by atoms with Crippen molar-refractivity contribution in [1.29, 1.82) is 0 Å². The maximum atomic E-state index is 12.9. The Balaban J connectivity index is 0.000000727. The van der Waals surface area contributed by atoms with Gasteiger partial charge in [0.1, 0.15) is 11.3 Å². The van der Waals surface area contributed by atoms with Gasteiger partial charge >= 0.3 is 41.4 Å². The average molecular weight is 660 g/mol. The van der Waals surface area contributed by atoms with E-state index >= 15 is 0 Å². The average Bonchev–Trinajstić information content (AvgIpc) is 2.78. The third kappa shape index (κ3) is 7.57. The van der Waals surface area contributed by atoms with E-state index in [0.29, 0.717) is 0 Å². The van der Waals surface area contributed by atoms with Crippen LogP contribution in [0.3, 0.4) is 0 Å². The number of carboxylic acids is 1. The normalized spacial score (nSPS) is 11.0. The first-order valence-electron chi connectivity index (χ1n) is 10.6. The van der Waals surface area contributed by atoms with Crippen LogP contribution in [0, 0.1) is 21.3 Å². The summed E-state index contributed by atoms with van der Waals surface area (Å²) in [5, 5.41) is 28.2. The molecule has 2 aromatic carbocycles. The number of hydrogen-bond donors (Lipinski definition) is 3. The van der Waals surface area contributed by atoms with Gasteiger partial charge in [-0.1, -0.05) is 24.3 Å². The molecular formula is C26H21BrF6MgN2O5. The van der Waals surface area contributed by atoms with Crippen molar-refractivity contribution in [3.8, 4) is 11.5 Å². The molecule has 0 aliphatic rings. The van der Waals surface area contributed by atoms with Crippen molar-refractivity contribution in [1.82, 2.24) is 9.97 Å². The quantitative estimate of drug-likeness (QED) is 0.130. The molecule has 0 fully saturated rings. The molecule has 0 radical (unpaired) electrons. The molecule has 15 heteroatoms. The molecule has 0 saturated carbocycles. The Morgan fingerprint density at radius 3 is 1.39 bits per heavy atom. The van der Waals surface area contributed by atoms with Gasteiger partial charge in [-0.2, -0.15) is 26.3 Å². The summed E-state index contributed by atoms with van der Waals surface area (Å²) in [5.41, 5.74) is -3.64. The van der Waals surface area contributed by atoms with E-state index in [4.69, 9.17) is 5.11 Å². The minimum atomic E-state index is -4.65. The largest absolute Gasteiger partial charge is 2.00 e. The fourth-order valence-electron chi connectivity index (χ4n) is 3.82. The van der Waals surface area contributed by atoms with E-state index in [0.717, 1.165) is 18.2 Å². The molecule has 0 spiro atoms. The number of ketones is 1. The van der Waals surface area contributed by atoms with Crippen molar-refractivity contribution in [3.05, 3.63) is 77.5 Å². The fraction of sp³-hybridized carbons (Fsp3) is 0.192. The van der Waals surface area contributed by atoms with Crippen LogP contribution >= 0.6 is 0 Å². The smallest absolute Gasteiger partial charge is 1.00 e. The first-order valence-corrected chi connectivity index (χ1v) is 10.6. The molecule has 0 aliphatic heterocycles. The van der Waals surface area contributed by atoms with Gasteiger partial charge < -0.3 is 39.7 Å². The van der Waals surface area contributed by atoms with Crippen molar-refractivity contribution < 1.29 is 68.2 Å². The number of pyridine rings is 2. The maximum absolute atomic E-state index is 12.9. The second kappa shape index (κ2) is 13.7. The molecule has 4 aromatic rings. The zero-order valence-corrected chi connectivity index (χ0v) is 24.9. The van der Waals surface area contributed by atoms with Crippen LogP contribution in [0.2, 0.25) is 0 Å².